The van der Waals surface area contributed by atoms with Crippen LogP contribution in [-0.2, 0) is 6.54 Å². The van der Waals surface area contributed by atoms with Crippen molar-refractivity contribution in [1.82, 2.24) is 10.2 Å². The predicted molar refractivity (Wildman–Crippen MR) is 103 cm³/mol. The van der Waals surface area contributed by atoms with E-state index in [1.54, 1.807) is 0 Å². The molecule has 4 heteroatoms. The van der Waals surface area contributed by atoms with Gasteiger partial charge in [0.15, 0.2) is 0 Å². The molecular formula is C21H33N3O. The summed E-state index contributed by atoms with van der Waals surface area (Å²) in [6.45, 7) is 7.07. The number of aliphatic hydroxyl groups is 1. The van der Waals surface area contributed by atoms with Gasteiger partial charge in [-0.25, -0.2) is 0 Å². The second-order valence-corrected chi connectivity index (χ2v) is 8.37. The van der Waals surface area contributed by atoms with Crippen LogP contribution in [0.15, 0.2) is 24.3 Å². The summed E-state index contributed by atoms with van der Waals surface area (Å²) in [4.78, 5) is 5.16. The summed E-state index contributed by atoms with van der Waals surface area (Å²) in [5.41, 5.74) is 2.71. The normalized spacial score (nSPS) is 28.6. The number of nitrogens with one attached hydrogen (secondary N) is 1. The van der Waals surface area contributed by atoms with Gasteiger partial charge in [-0.3, -0.25) is 4.90 Å². The molecule has 4 nitrogen and oxygen atoms in total. The van der Waals surface area contributed by atoms with Crippen LogP contribution >= 0.6 is 0 Å². The summed E-state index contributed by atoms with van der Waals surface area (Å²) in [6.07, 6.45) is 6.32. The SMILES string of the molecule is CC1CC(NCc2ccc(N3CCC(CO)CC3)cc2)CN1C1CC1. The standard InChI is InChI=1S/C21H33N3O/c1-16-12-19(14-24(16)21-6-7-21)22-13-17-2-4-20(5-3-17)23-10-8-18(15-25)9-11-23/h2-5,16,18-19,21-22,25H,6-15H2,1H3. The van der Waals surface area contributed by atoms with Crippen molar-refractivity contribution in [2.45, 2.75) is 63.7 Å². The Morgan fingerprint density at radius 1 is 1.08 bits per heavy atom. The molecule has 2 atom stereocenters. The highest BCUT2D eigenvalue weighted by molar-refractivity contribution is 5.48. The Hall–Kier alpha value is -1.10. The fourth-order valence-corrected chi connectivity index (χ4v) is 4.58. The molecule has 1 saturated carbocycles. The van der Waals surface area contributed by atoms with Crippen LogP contribution in [0.1, 0.15) is 44.6 Å². The van der Waals surface area contributed by atoms with E-state index in [1.807, 2.05) is 0 Å². The van der Waals surface area contributed by atoms with Gasteiger partial charge in [-0.15, -0.1) is 0 Å². The molecule has 1 aromatic carbocycles. The summed E-state index contributed by atoms with van der Waals surface area (Å²) in [5.74, 6) is 0.503. The average molecular weight is 344 g/mol. The molecule has 3 fully saturated rings. The lowest BCUT2D eigenvalue weighted by Crippen LogP contribution is -2.34. The van der Waals surface area contributed by atoms with E-state index >= 15 is 0 Å². The zero-order chi connectivity index (χ0) is 17.2. The maximum Gasteiger partial charge on any atom is 0.0460 e. The molecule has 0 bridgehead atoms. The van der Waals surface area contributed by atoms with Crippen molar-refractivity contribution in [3.63, 3.8) is 0 Å². The Morgan fingerprint density at radius 3 is 2.44 bits per heavy atom. The summed E-state index contributed by atoms with van der Waals surface area (Å²) < 4.78 is 0. The quantitative estimate of drug-likeness (QED) is 0.833. The van der Waals surface area contributed by atoms with Gasteiger partial charge < -0.3 is 15.3 Å². The van der Waals surface area contributed by atoms with Crippen LogP contribution in [0.5, 0.6) is 0 Å². The van der Waals surface area contributed by atoms with E-state index in [-0.39, 0.29) is 0 Å². The van der Waals surface area contributed by atoms with E-state index in [1.165, 1.54) is 37.1 Å². The number of anilines is 1. The number of likely N-dealkylation sites (tertiary alicyclic amines) is 1. The number of piperidine rings is 1. The molecule has 138 valence electrons. The molecular weight excluding hydrogens is 310 g/mol. The molecule has 2 saturated heterocycles. The van der Waals surface area contributed by atoms with Gasteiger partial charge in [0.05, 0.1) is 0 Å². The minimum absolute atomic E-state index is 0.344. The minimum Gasteiger partial charge on any atom is -0.396 e. The lowest BCUT2D eigenvalue weighted by atomic mass is 9.97. The van der Waals surface area contributed by atoms with Crippen LogP contribution in [0, 0.1) is 5.92 Å². The monoisotopic (exact) mass is 343 g/mol. The van der Waals surface area contributed by atoms with Gasteiger partial charge in [-0.05, 0) is 62.6 Å². The smallest absolute Gasteiger partial charge is 0.0460 e. The summed E-state index contributed by atoms with van der Waals surface area (Å²) in [7, 11) is 0. The van der Waals surface area contributed by atoms with Crippen LogP contribution in [0.25, 0.3) is 0 Å². The van der Waals surface area contributed by atoms with Crippen molar-refractivity contribution in [2.75, 3.05) is 31.1 Å². The van der Waals surface area contributed by atoms with Gasteiger partial charge >= 0.3 is 0 Å². The zero-order valence-corrected chi connectivity index (χ0v) is 15.5. The molecule has 2 heterocycles. The third-order valence-electron chi connectivity index (χ3n) is 6.41. The van der Waals surface area contributed by atoms with Gasteiger partial charge in [0.25, 0.3) is 0 Å². The lowest BCUT2D eigenvalue weighted by Gasteiger charge is -2.33. The highest BCUT2D eigenvalue weighted by Gasteiger charge is 2.38. The first-order valence-corrected chi connectivity index (χ1v) is 10.2. The van der Waals surface area contributed by atoms with Crippen molar-refractivity contribution in [3.8, 4) is 0 Å². The largest absolute Gasteiger partial charge is 0.396 e. The Bertz CT molecular complexity index is 549. The highest BCUT2D eigenvalue weighted by Crippen LogP contribution is 2.33. The van der Waals surface area contributed by atoms with E-state index in [0.29, 0.717) is 18.6 Å². The molecule has 2 unspecified atom stereocenters. The molecule has 2 N–H and O–H groups in total. The van der Waals surface area contributed by atoms with Crippen molar-refractivity contribution >= 4 is 5.69 Å². The van der Waals surface area contributed by atoms with Crippen molar-refractivity contribution in [3.05, 3.63) is 29.8 Å². The van der Waals surface area contributed by atoms with E-state index in [4.69, 9.17) is 0 Å². The molecule has 4 rings (SSSR count). The van der Waals surface area contributed by atoms with Gasteiger partial charge in [0.1, 0.15) is 0 Å². The van der Waals surface area contributed by atoms with Gasteiger partial charge in [0, 0.05) is 56.6 Å². The molecule has 0 aromatic heterocycles. The number of hydrogen-bond acceptors (Lipinski definition) is 4. The number of benzene rings is 1. The van der Waals surface area contributed by atoms with Crippen molar-refractivity contribution in [1.29, 1.82) is 0 Å². The molecule has 0 amide bonds. The maximum atomic E-state index is 9.27. The molecule has 3 aliphatic rings. The fraction of sp³-hybridized carbons (Fsp3) is 0.714. The maximum absolute atomic E-state index is 9.27. The first-order valence-electron chi connectivity index (χ1n) is 10.2. The second kappa shape index (κ2) is 7.65. The van der Waals surface area contributed by atoms with Gasteiger partial charge in [0.2, 0.25) is 0 Å². The van der Waals surface area contributed by atoms with Gasteiger partial charge in [-0.1, -0.05) is 12.1 Å². The molecule has 2 aliphatic heterocycles. The Balaban J connectivity index is 1.25. The highest BCUT2D eigenvalue weighted by atomic mass is 16.3. The van der Waals surface area contributed by atoms with Gasteiger partial charge in [-0.2, -0.15) is 0 Å². The number of aliphatic hydroxyl groups excluding tert-OH is 1. The van der Waals surface area contributed by atoms with Crippen LogP contribution in [0.2, 0.25) is 0 Å². The van der Waals surface area contributed by atoms with Crippen LogP contribution in [-0.4, -0.2) is 54.4 Å². The molecule has 1 aliphatic carbocycles. The van der Waals surface area contributed by atoms with Crippen LogP contribution < -0.4 is 10.2 Å². The number of rotatable bonds is 6. The third-order valence-corrected chi connectivity index (χ3v) is 6.41. The Labute approximate surface area is 152 Å². The minimum atomic E-state index is 0.344. The zero-order valence-electron chi connectivity index (χ0n) is 15.5. The van der Waals surface area contributed by atoms with E-state index in [9.17, 15) is 5.11 Å². The number of hydrogen-bond donors (Lipinski definition) is 2. The topological polar surface area (TPSA) is 38.7 Å². The van der Waals surface area contributed by atoms with Crippen molar-refractivity contribution < 1.29 is 5.11 Å². The second-order valence-electron chi connectivity index (χ2n) is 8.37. The van der Waals surface area contributed by atoms with E-state index in [0.717, 1.165) is 44.6 Å². The first-order chi connectivity index (χ1) is 12.2. The summed E-state index contributed by atoms with van der Waals surface area (Å²) in [6, 6.07) is 11.4. The molecule has 1 aromatic rings. The Morgan fingerprint density at radius 2 is 1.80 bits per heavy atom. The first kappa shape index (κ1) is 17.3. The molecule has 0 spiro atoms. The van der Waals surface area contributed by atoms with E-state index < -0.39 is 0 Å². The van der Waals surface area contributed by atoms with Crippen molar-refractivity contribution in [2.24, 2.45) is 5.92 Å². The van der Waals surface area contributed by atoms with Crippen LogP contribution in [0.4, 0.5) is 5.69 Å². The fourth-order valence-electron chi connectivity index (χ4n) is 4.58. The lowest BCUT2D eigenvalue weighted by molar-refractivity contribution is 0.203. The summed E-state index contributed by atoms with van der Waals surface area (Å²) in [5, 5.41) is 13.0. The van der Waals surface area contributed by atoms with E-state index in [2.05, 4.69) is 46.3 Å². The molecule has 0 radical (unpaired) electrons. The predicted octanol–water partition coefficient (Wildman–Crippen LogP) is 2.61. The number of nitrogens with zero attached hydrogens (tertiary/aromatic N) is 2. The molecule has 25 heavy (non-hydrogen) atoms. The van der Waals surface area contributed by atoms with Crippen LogP contribution in [0.3, 0.4) is 0 Å². The summed E-state index contributed by atoms with van der Waals surface area (Å²) >= 11 is 0. The third kappa shape index (κ3) is 4.18. The average Bonchev–Trinajstić information content (AvgIpc) is 3.43. The Kier molecular flexibility index (Phi) is 5.30.